The minimum absolute atomic E-state index is 0.151. The molecule has 204 valence electrons. The zero-order chi connectivity index (χ0) is 28.3. The highest BCUT2D eigenvalue weighted by atomic mass is 35.5. The average Bonchev–Trinajstić information content (AvgIpc) is 2.75. The first-order chi connectivity index (χ1) is 16.9. The van der Waals surface area contributed by atoms with E-state index in [0.717, 1.165) is 30.3 Å². The van der Waals surface area contributed by atoms with Gasteiger partial charge in [0, 0.05) is 11.8 Å². The Bertz CT molecular complexity index is 1270. The number of carbonyl (C=O) groups excluding carboxylic acids is 1. The van der Waals surface area contributed by atoms with Crippen molar-refractivity contribution in [1.82, 2.24) is 5.32 Å². The number of benzene rings is 2. The Morgan fingerprint density at radius 2 is 1.59 bits per heavy atom. The van der Waals surface area contributed by atoms with Crippen molar-refractivity contribution in [2.75, 3.05) is 11.5 Å². The number of hydrogen-bond acceptors (Lipinski definition) is 3. The van der Waals surface area contributed by atoms with Gasteiger partial charge >= 0.3 is 12.4 Å². The van der Waals surface area contributed by atoms with Gasteiger partial charge in [-0.05, 0) is 42.3 Å². The first-order valence-electron chi connectivity index (χ1n) is 10.5. The molecule has 0 saturated heterocycles. The van der Waals surface area contributed by atoms with E-state index in [1.165, 1.54) is 13.8 Å². The predicted octanol–water partition coefficient (Wildman–Crippen LogP) is 7.58. The van der Waals surface area contributed by atoms with Crippen molar-refractivity contribution in [3.8, 4) is 0 Å². The number of allylic oxidation sites excluding steroid dienone is 1. The molecule has 0 aliphatic heterocycles. The van der Waals surface area contributed by atoms with E-state index in [9.17, 15) is 39.6 Å². The topological polar surface area (TPSA) is 63.2 Å². The summed E-state index contributed by atoms with van der Waals surface area (Å²) in [6.07, 6.45) is -8.43. The maximum absolute atomic E-state index is 13.7. The van der Waals surface area contributed by atoms with Crippen LogP contribution < -0.4 is 5.32 Å². The Morgan fingerprint density at radius 1 is 1.03 bits per heavy atom. The lowest BCUT2D eigenvalue weighted by Gasteiger charge is -2.19. The molecule has 0 radical (unpaired) electrons. The summed E-state index contributed by atoms with van der Waals surface area (Å²) < 4.78 is 106. The summed E-state index contributed by atoms with van der Waals surface area (Å²) in [6.45, 7) is 2.71. The second-order valence-electron chi connectivity index (χ2n) is 8.05. The molecule has 0 bridgehead atoms. The second-order valence-corrected chi connectivity index (χ2v) is 11.6. The smallest absolute Gasteiger partial charge is 0.349 e. The summed E-state index contributed by atoms with van der Waals surface area (Å²) in [5.41, 5.74) is -2.87. The van der Waals surface area contributed by atoms with Gasteiger partial charge in [-0.3, -0.25) is 4.79 Å². The van der Waals surface area contributed by atoms with Crippen LogP contribution in [0, 0.1) is 0 Å². The van der Waals surface area contributed by atoms with Crippen LogP contribution >= 0.6 is 34.8 Å². The predicted molar refractivity (Wildman–Crippen MR) is 132 cm³/mol. The van der Waals surface area contributed by atoms with Gasteiger partial charge in [0.15, 0.2) is 9.84 Å². The summed E-state index contributed by atoms with van der Waals surface area (Å²) in [5, 5.41) is 1.59. The van der Waals surface area contributed by atoms with Gasteiger partial charge in [-0.2, -0.15) is 26.3 Å². The lowest BCUT2D eigenvalue weighted by molar-refractivity contribution is -0.139. The van der Waals surface area contributed by atoms with E-state index in [0.29, 0.717) is 12.1 Å². The van der Waals surface area contributed by atoms with Crippen LogP contribution in [-0.2, 0) is 16.0 Å². The van der Waals surface area contributed by atoms with Gasteiger partial charge in [0.2, 0.25) is 0 Å². The number of alkyl halides is 6. The van der Waals surface area contributed by atoms with Crippen LogP contribution in [0.3, 0.4) is 0 Å². The van der Waals surface area contributed by atoms with Crippen LogP contribution in [-0.4, -0.2) is 38.0 Å². The highest BCUT2D eigenvalue weighted by Gasteiger charge is 2.40. The van der Waals surface area contributed by atoms with E-state index in [1.807, 2.05) is 0 Å². The van der Waals surface area contributed by atoms with Crippen molar-refractivity contribution in [2.45, 2.75) is 38.2 Å². The molecule has 0 fully saturated rings. The molecular formula is C23H20Cl3F6NO3S. The third kappa shape index (κ3) is 8.53. The first-order valence-corrected chi connectivity index (χ1v) is 13.4. The zero-order valence-electron chi connectivity index (χ0n) is 19.1. The molecule has 1 unspecified atom stereocenters. The standard InChI is InChI=1S/C23H20Cl3F6NO3S/c1-3-37(35,36)11-12(2)33-21(34)15-6-4-13(8-17(15)23(30,31)32)5-7-16(22(27,28)29)14-9-18(24)20(26)19(25)10-14/h4-10,12,16H,3,11H2,1-2H3,(H,33,34)/b7-5+/t12-,16?/m1/s1. The van der Waals surface area contributed by atoms with E-state index in [-0.39, 0.29) is 31.9 Å². The number of sulfone groups is 1. The molecule has 2 aromatic rings. The minimum Gasteiger partial charge on any atom is -0.349 e. The Balaban J connectivity index is 2.43. The molecule has 4 nitrogen and oxygen atoms in total. The minimum atomic E-state index is -5.03. The maximum Gasteiger partial charge on any atom is 0.417 e. The fraction of sp³-hybridized carbons (Fsp3) is 0.348. The molecule has 1 amide bonds. The quantitative estimate of drug-likeness (QED) is 0.248. The highest BCUT2D eigenvalue weighted by molar-refractivity contribution is 7.91. The van der Waals surface area contributed by atoms with Crippen LogP contribution in [0.4, 0.5) is 26.3 Å². The Morgan fingerprint density at radius 3 is 2.08 bits per heavy atom. The fourth-order valence-corrected chi connectivity index (χ4v) is 5.01. The molecular weight excluding hydrogens is 591 g/mol. The molecule has 0 spiro atoms. The van der Waals surface area contributed by atoms with Gasteiger partial charge in [0.1, 0.15) is 0 Å². The number of hydrogen-bond donors (Lipinski definition) is 1. The van der Waals surface area contributed by atoms with E-state index < -0.39 is 56.9 Å². The summed E-state index contributed by atoms with van der Waals surface area (Å²) in [6, 6.07) is 3.28. The molecule has 0 heterocycles. The fourth-order valence-electron chi connectivity index (χ4n) is 3.31. The summed E-state index contributed by atoms with van der Waals surface area (Å²) in [5.74, 6) is -4.15. The molecule has 2 aromatic carbocycles. The lowest BCUT2D eigenvalue weighted by atomic mass is 9.96. The summed E-state index contributed by atoms with van der Waals surface area (Å²) in [4.78, 5) is 12.5. The molecule has 1 N–H and O–H groups in total. The molecule has 14 heteroatoms. The first kappa shape index (κ1) is 31.3. The van der Waals surface area contributed by atoms with Crippen LogP contribution in [0.25, 0.3) is 6.08 Å². The molecule has 0 aliphatic carbocycles. The van der Waals surface area contributed by atoms with Crippen molar-refractivity contribution in [1.29, 1.82) is 0 Å². The van der Waals surface area contributed by atoms with Crippen molar-refractivity contribution in [3.63, 3.8) is 0 Å². The van der Waals surface area contributed by atoms with Gasteiger partial charge < -0.3 is 5.32 Å². The lowest BCUT2D eigenvalue weighted by Crippen LogP contribution is -2.38. The highest BCUT2D eigenvalue weighted by Crippen LogP contribution is 2.41. The normalized spacial score (nSPS) is 14.6. The van der Waals surface area contributed by atoms with Gasteiger partial charge in [0.25, 0.3) is 5.91 Å². The molecule has 0 saturated carbocycles. The van der Waals surface area contributed by atoms with Gasteiger partial charge in [-0.15, -0.1) is 0 Å². The van der Waals surface area contributed by atoms with Crippen molar-refractivity contribution < 1.29 is 39.6 Å². The van der Waals surface area contributed by atoms with E-state index in [4.69, 9.17) is 34.8 Å². The summed E-state index contributed by atoms with van der Waals surface area (Å²) >= 11 is 17.4. The van der Waals surface area contributed by atoms with Crippen molar-refractivity contribution in [3.05, 3.63) is 73.7 Å². The van der Waals surface area contributed by atoms with E-state index >= 15 is 0 Å². The molecule has 37 heavy (non-hydrogen) atoms. The van der Waals surface area contributed by atoms with Crippen LogP contribution in [0.15, 0.2) is 36.4 Å². The maximum atomic E-state index is 13.7. The largest absolute Gasteiger partial charge is 0.417 e. The van der Waals surface area contributed by atoms with Crippen LogP contribution in [0.5, 0.6) is 0 Å². The second kappa shape index (κ2) is 11.8. The molecule has 0 aromatic heterocycles. The third-order valence-corrected chi connectivity index (χ3v) is 8.20. The Kier molecular flexibility index (Phi) is 10.0. The monoisotopic (exact) mass is 609 g/mol. The molecule has 2 atom stereocenters. The number of amides is 1. The number of carbonyl (C=O) groups is 1. The molecule has 2 rings (SSSR count). The number of nitrogens with one attached hydrogen (secondary N) is 1. The van der Waals surface area contributed by atoms with Gasteiger partial charge in [-0.25, -0.2) is 8.42 Å². The van der Waals surface area contributed by atoms with Gasteiger partial charge in [0.05, 0.1) is 37.9 Å². The number of rotatable bonds is 8. The van der Waals surface area contributed by atoms with Crippen molar-refractivity contribution >= 4 is 56.6 Å². The van der Waals surface area contributed by atoms with Crippen molar-refractivity contribution in [2.24, 2.45) is 0 Å². The third-order valence-electron chi connectivity index (χ3n) is 5.11. The van der Waals surface area contributed by atoms with Crippen LogP contribution in [0.1, 0.15) is 46.8 Å². The average molecular weight is 611 g/mol. The van der Waals surface area contributed by atoms with E-state index in [1.54, 1.807) is 0 Å². The zero-order valence-corrected chi connectivity index (χ0v) is 22.2. The Labute approximate surface area is 224 Å². The van der Waals surface area contributed by atoms with Crippen LogP contribution in [0.2, 0.25) is 15.1 Å². The van der Waals surface area contributed by atoms with Gasteiger partial charge in [-0.1, -0.05) is 59.9 Å². The SMILES string of the molecule is CCS(=O)(=O)C[C@@H](C)NC(=O)c1ccc(/C=C/C(c2cc(Cl)c(Cl)c(Cl)c2)C(F)(F)F)cc1C(F)(F)F. The van der Waals surface area contributed by atoms with E-state index in [2.05, 4.69) is 5.32 Å². The Hall–Kier alpha value is -1.95. The number of halogens is 9. The summed E-state index contributed by atoms with van der Waals surface area (Å²) in [7, 11) is -3.51. The molecule has 0 aliphatic rings.